The third kappa shape index (κ3) is 5.21. The molecule has 1 fully saturated rings. The van der Waals surface area contributed by atoms with Crippen LogP contribution in [0.1, 0.15) is 5.56 Å². The summed E-state index contributed by atoms with van der Waals surface area (Å²) in [4.78, 5) is 11.6. The van der Waals surface area contributed by atoms with Gasteiger partial charge < -0.3 is 19.5 Å². The van der Waals surface area contributed by atoms with Gasteiger partial charge in [-0.2, -0.15) is 0 Å². The number of hydrogen-bond acceptors (Lipinski definition) is 8. The molecule has 0 aliphatic carbocycles. The van der Waals surface area contributed by atoms with Crippen LogP contribution >= 0.6 is 11.3 Å². The Kier molecular flexibility index (Phi) is 6.60. The number of rotatable bonds is 7. The molecule has 10 heteroatoms. The van der Waals surface area contributed by atoms with Crippen molar-refractivity contribution in [1.29, 1.82) is 0 Å². The van der Waals surface area contributed by atoms with E-state index in [1.165, 1.54) is 5.69 Å². The number of hydrogen-bond donors (Lipinski definition) is 2. The molecular weight excluding hydrogens is 458 g/mol. The molecule has 1 saturated heterocycles. The largest absolute Gasteiger partial charge is 0.760 e. The van der Waals surface area contributed by atoms with Gasteiger partial charge >= 0.3 is 0 Å². The van der Waals surface area contributed by atoms with Crippen molar-refractivity contribution in [2.75, 3.05) is 36.5 Å². The van der Waals surface area contributed by atoms with E-state index in [1.807, 2.05) is 42.6 Å². The molecule has 0 radical (unpaired) electrons. The third-order valence-corrected chi connectivity index (χ3v) is 6.76. The molecule has 2 aromatic carbocycles. The second kappa shape index (κ2) is 9.94. The summed E-state index contributed by atoms with van der Waals surface area (Å²) in [6.45, 7) is 3.60. The minimum absolute atomic E-state index is 0.265. The number of nitrogens with one attached hydrogen (secondary N) is 2. The fourth-order valence-corrected chi connectivity index (χ4v) is 4.90. The maximum Gasteiger partial charge on any atom is 0.227 e. The van der Waals surface area contributed by atoms with E-state index < -0.39 is 11.3 Å². The molecule has 4 aromatic rings. The Balaban J connectivity index is 1.33. The second-order valence-electron chi connectivity index (χ2n) is 7.58. The van der Waals surface area contributed by atoms with Gasteiger partial charge in [-0.3, -0.25) is 4.21 Å². The second-order valence-corrected chi connectivity index (χ2v) is 9.25. The van der Waals surface area contributed by atoms with E-state index in [0.29, 0.717) is 5.95 Å². The molecule has 2 aromatic heterocycles. The van der Waals surface area contributed by atoms with E-state index in [4.69, 9.17) is 9.72 Å². The quantitative estimate of drug-likeness (QED) is 0.388. The minimum atomic E-state index is -2.27. The molecule has 0 saturated carbocycles. The van der Waals surface area contributed by atoms with E-state index in [9.17, 15) is 8.76 Å². The van der Waals surface area contributed by atoms with Gasteiger partial charge in [-0.15, -0.1) is 11.3 Å². The summed E-state index contributed by atoms with van der Waals surface area (Å²) in [6, 6.07) is 16.0. The number of aromatic nitrogens is 2. The summed E-state index contributed by atoms with van der Waals surface area (Å²) in [7, 11) is 0. The molecule has 2 N–H and O–H groups in total. The zero-order chi connectivity index (χ0) is 22.6. The van der Waals surface area contributed by atoms with Crippen molar-refractivity contribution in [3.8, 4) is 11.1 Å². The predicted molar refractivity (Wildman–Crippen MR) is 131 cm³/mol. The lowest BCUT2D eigenvalue weighted by atomic mass is 10.1. The van der Waals surface area contributed by atoms with E-state index in [2.05, 4.69) is 37.4 Å². The smallest absolute Gasteiger partial charge is 0.227 e. The van der Waals surface area contributed by atoms with E-state index in [0.717, 1.165) is 58.9 Å². The number of morpholine rings is 1. The molecule has 0 amide bonds. The van der Waals surface area contributed by atoms with Crippen molar-refractivity contribution in [1.82, 2.24) is 14.7 Å². The van der Waals surface area contributed by atoms with Gasteiger partial charge in [0, 0.05) is 53.2 Å². The van der Waals surface area contributed by atoms with Crippen molar-refractivity contribution in [3.63, 3.8) is 0 Å². The predicted octanol–water partition coefficient (Wildman–Crippen LogP) is 3.82. The summed E-state index contributed by atoms with van der Waals surface area (Å²) >= 11 is -0.674. The van der Waals surface area contributed by atoms with Crippen LogP contribution in [0.2, 0.25) is 0 Å². The summed E-state index contributed by atoms with van der Waals surface area (Å²) in [5.74, 6) is 0.542. The van der Waals surface area contributed by atoms with Gasteiger partial charge in [-0.1, -0.05) is 24.3 Å². The molecule has 5 rings (SSSR count). The maximum atomic E-state index is 10.7. The van der Waals surface area contributed by atoms with Gasteiger partial charge in [-0.05, 0) is 35.4 Å². The molecule has 1 atom stereocenters. The van der Waals surface area contributed by atoms with Crippen LogP contribution in [-0.4, -0.2) is 45.0 Å². The third-order valence-electron chi connectivity index (χ3n) is 5.47. The van der Waals surface area contributed by atoms with Crippen LogP contribution in [0.25, 0.3) is 21.3 Å². The summed E-state index contributed by atoms with van der Waals surface area (Å²) in [6.07, 6.45) is 1.84. The average Bonchev–Trinajstić information content (AvgIpc) is 3.27. The monoisotopic (exact) mass is 480 g/mol. The van der Waals surface area contributed by atoms with Crippen LogP contribution in [-0.2, 0) is 22.5 Å². The van der Waals surface area contributed by atoms with Gasteiger partial charge in [0.1, 0.15) is 0 Å². The van der Waals surface area contributed by atoms with E-state index >= 15 is 0 Å². The van der Waals surface area contributed by atoms with Crippen LogP contribution < -0.4 is 14.9 Å². The van der Waals surface area contributed by atoms with Gasteiger partial charge in [0.05, 0.1) is 29.6 Å². The Morgan fingerprint density at radius 1 is 1.09 bits per heavy atom. The van der Waals surface area contributed by atoms with Gasteiger partial charge in [0.2, 0.25) is 5.95 Å². The normalized spacial score (nSPS) is 15.0. The van der Waals surface area contributed by atoms with Crippen LogP contribution in [0.3, 0.4) is 0 Å². The van der Waals surface area contributed by atoms with Gasteiger partial charge in [0.15, 0.2) is 0 Å². The molecule has 33 heavy (non-hydrogen) atoms. The Hall–Kier alpha value is -2.89. The summed E-state index contributed by atoms with van der Waals surface area (Å²) < 4.78 is 30.2. The lowest BCUT2D eigenvalue weighted by Crippen LogP contribution is -2.36. The highest BCUT2D eigenvalue weighted by atomic mass is 32.2. The first-order valence-corrected chi connectivity index (χ1v) is 12.5. The van der Waals surface area contributed by atoms with Crippen LogP contribution in [0, 0.1) is 0 Å². The van der Waals surface area contributed by atoms with Crippen molar-refractivity contribution in [2.45, 2.75) is 6.54 Å². The average molecular weight is 481 g/mol. The van der Waals surface area contributed by atoms with Crippen LogP contribution in [0.5, 0.6) is 0 Å². The Bertz CT molecular complexity index is 1260. The lowest BCUT2D eigenvalue weighted by molar-refractivity contribution is 0.122. The first-order chi connectivity index (χ1) is 16.2. The molecule has 3 heterocycles. The number of thiophene rings is 1. The zero-order valence-electron chi connectivity index (χ0n) is 17.7. The SMILES string of the molecule is O=S([O-])NCc1ccc(-c2csc3cnc(Nc4ccc(N5CCOCC5)cc4)nc23)cc1. The van der Waals surface area contributed by atoms with Gasteiger partial charge in [-0.25, -0.2) is 14.7 Å². The van der Waals surface area contributed by atoms with E-state index in [-0.39, 0.29) is 6.54 Å². The molecule has 1 unspecified atom stereocenters. The molecule has 1 aliphatic heterocycles. The fraction of sp³-hybridized carbons (Fsp3) is 0.217. The number of anilines is 3. The van der Waals surface area contributed by atoms with Crippen molar-refractivity contribution in [2.24, 2.45) is 0 Å². The minimum Gasteiger partial charge on any atom is -0.760 e. The Labute approximate surface area is 198 Å². The van der Waals surface area contributed by atoms with E-state index in [1.54, 1.807) is 11.3 Å². The topological polar surface area (TPSA) is 102 Å². The highest BCUT2D eigenvalue weighted by Crippen LogP contribution is 2.33. The fourth-order valence-electron chi connectivity index (χ4n) is 3.74. The van der Waals surface area contributed by atoms with Crippen molar-refractivity contribution < 1.29 is 13.5 Å². The molecular formula is C23H22N5O3S2-. The standard InChI is InChI=1S/C23H23N5O3S2/c29-33(30)25-13-16-1-3-17(4-2-16)20-15-32-21-14-24-23(27-22(20)21)26-18-5-7-19(8-6-18)28-9-11-31-12-10-28/h1-8,14-15,25H,9-13H2,(H,29,30)(H,24,26,27)/p-1. The molecule has 1 aliphatic rings. The molecule has 170 valence electrons. The number of fused-ring (bicyclic) bond motifs is 1. The highest BCUT2D eigenvalue weighted by molar-refractivity contribution is 7.77. The lowest BCUT2D eigenvalue weighted by Gasteiger charge is -2.28. The number of nitrogens with zero attached hydrogens (tertiary/aromatic N) is 3. The number of benzene rings is 2. The summed E-state index contributed by atoms with van der Waals surface area (Å²) in [5.41, 5.74) is 5.92. The van der Waals surface area contributed by atoms with Crippen molar-refractivity contribution in [3.05, 3.63) is 65.7 Å². The maximum absolute atomic E-state index is 10.7. The molecule has 0 spiro atoms. The van der Waals surface area contributed by atoms with Gasteiger partial charge in [0.25, 0.3) is 0 Å². The summed E-state index contributed by atoms with van der Waals surface area (Å²) in [5, 5.41) is 5.37. The first kappa shape index (κ1) is 21.9. The van der Waals surface area contributed by atoms with Crippen LogP contribution in [0.15, 0.2) is 60.1 Å². The van der Waals surface area contributed by atoms with Crippen LogP contribution in [0.4, 0.5) is 17.3 Å². The zero-order valence-corrected chi connectivity index (χ0v) is 19.3. The molecule has 0 bridgehead atoms. The highest BCUT2D eigenvalue weighted by Gasteiger charge is 2.12. The first-order valence-electron chi connectivity index (χ1n) is 10.5. The van der Waals surface area contributed by atoms with Crippen molar-refractivity contribution >= 4 is 50.1 Å². The Morgan fingerprint density at radius 2 is 1.85 bits per heavy atom. The number of ether oxygens (including phenoxy) is 1. The Morgan fingerprint density at radius 3 is 2.58 bits per heavy atom. The molecule has 8 nitrogen and oxygen atoms in total.